The van der Waals surface area contributed by atoms with Gasteiger partial charge >= 0.3 is 0 Å². The maximum absolute atomic E-state index is 13.7. The van der Waals surface area contributed by atoms with Crippen LogP contribution >= 0.6 is 0 Å². The van der Waals surface area contributed by atoms with Crippen molar-refractivity contribution in [2.45, 2.75) is 19.9 Å². The van der Waals surface area contributed by atoms with Crippen LogP contribution in [-0.4, -0.2) is 19.1 Å². The van der Waals surface area contributed by atoms with E-state index in [1.165, 1.54) is 12.1 Å². The van der Waals surface area contributed by atoms with Crippen molar-refractivity contribution in [2.24, 2.45) is 0 Å². The van der Waals surface area contributed by atoms with E-state index in [-0.39, 0.29) is 12.5 Å². The fourth-order valence-corrected chi connectivity index (χ4v) is 2.25. The number of nitrogens with one attached hydrogen (secondary N) is 2. The first-order valence-corrected chi connectivity index (χ1v) is 7.71. The molecule has 24 heavy (non-hydrogen) atoms. The van der Waals surface area contributed by atoms with Gasteiger partial charge in [-0.2, -0.15) is 0 Å². The van der Waals surface area contributed by atoms with Gasteiger partial charge < -0.3 is 15.4 Å². The van der Waals surface area contributed by atoms with Crippen LogP contribution < -0.4 is 15.4 Å². The van der Waals surface area contributed by atoms with E-state index in [0.717, 1.165) is 6.07 Å². The van der Waals surface area contributed by atoms with Crippen molar-refractivity contribution in [3.8, 4) is 5.75 Å². The highest BCUT2D eigenvalue weighted by Gasteiger charge is 2.13. The number of para-hydroxylation sites is 2. The number of hydrogen-bond donors (Lipinski definition) is 2. The number of carbonyl (C=O) groups excluding carboxylic acids is 1. The van der Waals surface area contributed by atoms with Crippen molar-refractivity contribution < 1.29 is 18.3 Å². The van der Waals surface area contributed by atoms with Gasteiger partial charge in [0.1, 0.15) is 17.4 Å². The Morgan fingerprint density at radius 3 is 2.67 bits per heavy atom. The zero-order valence-corrected chi connectivity index (χ0v) is 13.6. The van der Waals surface area contributed by atoms with Crippen LogP contribution in [0.3, 0.4) is 0 Å². The molecular formula is C18H20F2N2O2. The summed E-state index contributed by atoms with van der Waals surface area (Å²) in [6.07, 6.45) is 0. The van der Waals surface area contributed by atoms with Gasteiger partial charge in [-0.3, -0.25) is 4.79 Å². The highest BCUT2D eigenvalue weighted by molar-refractivity contribution is 5.93. The molecule has 2 aromatic carbocycles. The van der Waals surface area contributed by atoms with Gasteiger partial charge in [0.2, 0.25) is 5.91 Å². The molecule has 0 saturated carbocycles. The molecule has 0 aliphatic heterocycles. The van der Waals surface area contributed by atoms with E-state index in [2.05, 4.69) is 10.6 Å². The van der Waals surface area contributed by atoms with Crippen LogP contribution in [0.2, 0.25) is 0 Å². The molecule has 0 unspecified atom stereocenters. The number of hydrogen-bond acceptors (Lipinski definition) is 3. The molecule has 128 valence electrons. The molecule has 1 amide bonds. The van der Waals surface area contributed by atoms with Crippen molar-refractivity contribution in [3.05, 3.63) is 59.7 Å². The fourth-order valence-electron chi connectivity index (χ4n) is 2.25. The smallest absolute Gasteiger partial charge is 0.238 e. The second kappa shape index (κ2) is 8.40. The van der Waals surface area contributed by atoms with Gasteiger partial charge in [-0.05, 0) is 32.0 Å². The van der Waals surface area contributed by atoms with Gasteiger partial charge in [0.25, 0.3) is 0 Å². The van der Waals surface area contributed by atoms with Crippen LogP contribution in [0.5, 0.6) is 5.75 Å². The lowest BCUT2D eigenvalue weighted by molar-refractivity contribution is -0.115. The number of anilines is 1. The molecule has 0 bridgehead atoms. The molecule has 0 heterocycles. The molecule has 0 radical (unpaired) electrons. The standard InChI is InChI=1S/C18H20F2N2O2/c1-3-24-17-7-5-4-6-16(17)22-18(23)11-21-12(2)14-9-8-13(19)10-15(14)20/h4-10,12,21H,3,11H2,1-2H3,(H,22,23)/t12-/m1/s1. The van der Waals surface area contributed by atoms with Crippen LogP contribution in [0.15, 0.2) is 42.5 Å². The van der Waals surface area contributed by atoms with E-state index in [4.69, 9.17) is 4.74 Å². The molecule has 0 aliphatic rings. The predicted octanol–water partition coefficient (Wildman–Crippen LogP) is 3.65. The van der Waals surface area contributed by atoms with E-state index in [1.807, 2.05) is 13.0 Å². The monoisotopic (exact) mass is 334 g/mol. The fraction of sp³-hybridized carbons (Fsp3) is 0.278. The molecule has 2 N–H and O–H groups in total. The van der Waals surface area contributed by atoms with E-state index in [9.17, 15) is 13.6 Å². The molecule has 0 saturated heterocycles. The highest BCUT2D eigenvalue weighted by atomic mass is 19.1. The Kier molecular flexibility index (Phi) is 6.26. The first kappa shape index (κ1) is 17.9. The normalized spacial score (nSPS) is 11.8. The Morgan fingerprint density at radius 2 is 1.96 bits per heavy atom. The summed E-state index contributed by atoms with van der Waals surface area (Å²) in [5.41, 5.74) is 0.880. The molecule has 0 aliphatic carbocycles. The zero-order valence-electron chi connectivity index (χ0n) is 13.6. The quantitative estimate of drug-likeness (QED) is 0.812. The summed E-state index contributed by atoms with van der Waals surface area (Å²) in [5.74, 6) is -0.965. The van der Waals surface area contributed by atoms with Gasteiger partial charge in [0.15, 0.2) is 0 Å². The van der Waals surface area contributed by atoms with Gasteiger partial charge in [0, 0.05) is 17.7 Å². The lowest BCUT2D eigenvalue weighted by Crippen LogP contribution is -2.30. The van der Waals surface area contributed by atoms with E-state index in [0.29, 0.717) is 23.6 Å². The van der Waals surface area contributed by atoms with Crippen LogP contribution in [0, 0.1) is 11.6 Å². The summed E-state index contributed by atoms with van der Waals surface area (Å²) in [6.45, 7) is 4.04. The molecule has 0 aromatic heterocycles. The van der Waals surface area contributed by atoms with E-state index >= 15 is 0 Å². The largest absolute Gasteiger partial charge is 0.492 e. The maximum Gasteiger partial charge on any atom is 0.238 e. The van der Waals surface area contributed by atoms with Gasteiger partial charge in [-0.1, -0.05) is 18.2 Å². The number of carbonyl (C=O) groups is 1. The van der Waals surface area contributed by atoms with Crippen molar-refractivity contribution in [3.63, 3.8) is 0 Å². The van der Waals surface area contributed by atoms with E-state index < -0.39 is 17.7 Å². The third-order valence-corrected chi connectivity index (χ3v) is 3.46. The average Bonchev–Trinajstić information content (AvgIpc) is 2.55. The minimum Gasteiger partial charge on any atom is -0.492 e. The Morgan fingerprint density at radius 1 is 1.21 bits per heavy atom. The van der Waals surface area contributed by atoms with Gasteiger partial charge in [0.05, 0.1) is 18.8 Å². The Labute approximate surface area is 139 Å². The summed E-state index contributed by atoms with van der Waals surface area (Å²) in [6, 6.07) is 10.1. The number of ether oxygens (including phenoxy) is 1. The summed E-state index contributed by atoms with van der Waals surface area (Å²) in [4.78, 5) is 12.1. The van der Waals surface area contributed by atoms with Crippen LogP contribution in [0.1, 0.15) is 25.5 Å². The number of halogens is 2. The topological polar surface area (TPSA) is 50.4 Å². The Bertz CT molecular complexity index is 707. The summed E-state index contributed by atoms with van der Waals surface area (Å²) < 4.78 is 32.1. The number of benzene rings is 2. The average molecular weight is 334 g/mol. The number of rotatable bonds is 7. The second-order valence-corrected chi connectivity index (χ2v) is 5.25. The third-order valence-electron chi connectivity index (χ3n) is 3.46. The summed E-state index contributed by atoms with van der Waals surface area (Å²) in [7, 11) is 0. The third kappa shape index (κ3) is 4.76. The summed E-state index contributed by atoms with van der Waals surface area (Å²) >= 11 is 0. The molecular weight excluding hydrogens is 314 g/mol. The van der Waals surface area contributed by atoms with Gasteiger partial charge in [-0.25, -0.2) is 8.78 Å². The van der Waals surface area contributed by atoms with Crippen molar-refractivity contribution in [1.82, 2.24) is 5.32 Å². The molecule has 2 rings (SSSR count). The maximum atomic E-state index is 13.7. The van der Waals surface area contributed by atoms with Crippen LogP contribution in [0.25, 0.3) is 0 Å². The van der Waals surface area contributed by atoms with Crippen LogP contribution in [-0.2, 0) is 4.79 Å². The SMILES string of the molecule is CCOc1ccccc1NC(=O)CN[C@H](C)c1ccc(F)cc1F. The lowest BCUT2D eigenvalue weighted by atomic mass is 10.1. The Balaban J connectivity index is 1.93. The lowest BCUT2D eigenvalue weighted by Gasteiger charge is -2.16. The van der Waals surface area contributed by atoms with Crippen molar-refractivity contribution >= 4 is 11.6 Å². The molecule has 4 nitrogen and oxygen atoms in total. The molecule has 0 fully saturated rings. The molecule has 1 atom stereocenters. The molecule has 0 spiro atoms. The predicted molar refractivity (Wildman–Crippen MR) is 89.0 cm³/mol. The summed E-state index contributed by atoms with van der Waals surface area (Å²) in [5, 5.41) is 5.66. The van der Waals surface area contributed by atoms with Gasteiger partial charge in [-0.15, -0.1) is 0 Å². The minimum atomic E-state index is -0.642. The first-order chi connectivity index (χ1) is 11.5. The number of amides is 1. The molecule has 2 aromatic rings. The zero-order chi connectivity index (χ0) is 17.5. The second-order valence-electron chi connectivity index (χ2n) is 5.25. The van der Waals surface area contributed by atoms with E-state index in [1.54, 1.807) is 25.1 Å². The van der Waals surface area contributed by atoms with Crippen molar-refractivity contribution in [1.29, 1.82) is 0 Å². The minimum absolute atomic E-state index is 0.0154. The van der Waals surface area contributed by atoms with Crippen molar-refractivity contribution in [2.75, 3.05) is 18.5 Å². The first-order valence-electron chi connectivity index (χ1n) is 7.71. The highest BCUT2D eigenvalue weighted by Crippen LogP contribution is 2.23. The van der Waals surface area contributed by atoms with Crippen LogP contribution in [0.4, 0.5) is 14.5 Å². The Hall–Kier alpha value is -2.47. The molecule has 6 heteroatoms.